The molecule has 0 radical (unpaired) electrons. The Balaban J connectivity index is 1.81. The Morgan fingerprint density at radius 3 is 2.68 bits per heavy atom. The Labute approximate surface area is 168 Å². The van der Waals surface area contributed by atoms with E-state index in [1.807, 2.05) is 35.8 Å². The number of quaternary nitrogens is 1. The quantitative estimate of drug-likeness (QED) is 0.663. The number of hydrogen-bond acceptors (Lipinski definition) is 3. The minimum atomic E-state index is -0.330. The van der Waals surface area contributed by atoms with Crippen LogP contribution in [0.2, 0.25) is 0 Å². The van der Waals surface area contributed by atoms with E-state index in [9.17, 15) is 9.50 Å². The number of aryl methyl sites for hydroxylation is 1. The molecule has 0 spiro atoms. The highest BCUT2D eigenvalue weighted by Crippen LogP contribution is 2.25. The van der Waals surface area contributed by atoms with Crippen LogP contribution in [0.15, 0.2) is 48.5 Å². The Hall–Kier alpha value is -2.35. The summed E-state index contributed by atoms with van der Waals surface area (Å²) in [7, 11) is 0. The van der Waals surface area contributed by atoms with Crippen molar-refractivity contribution in [3.63, 3.8) is 0 Å². The van der Waals surface area contributed by atoms with Gasteiger partial charge >= 0.3 is 0 Å². The van der Waals surface area contributed by atoms with Crippen molar-refractivity contribution in [2.24, 2.45) is 0 Å². The molecule has 1 fully saturated rings. The van der Waals surface area contributed by atoms with Crippen molar-refractivity contribution < 1.29 is 14.4 Å². The molecular weight excluding hydrogens is 375 g/mol. The monoisotopic (exact) mass is 399 g/mol. The number of likely N-dealkylation sites (tertiary alicyclic amines) is 1. The van der Waals surface area contributed by atoms with Crippen LogP contribution >= 0.6 is 12.2 Å². The first-order valence-corrected chi connectivity index (χ1v) is 9.97. The molecule has 2 aromatic carbocycles. The number of aliphatic hydroxyl groups excluding tert-OH is 1. The number of hydrogen-bond donors (Lipinski definition) is 2. The van der Waals surface area contributed by atoms with E-state index in [-0.39, 0.29) is 11.9 Å². The topological polar surface area (TPSA) is 47.4 Å². The Kier molecular flexibility index (Phi) is 5.39. The van der Waals surface area contributed by atoms with E-state index in [1.54, 1.807) is 22.9 Å². The number of halogens is 1. The first kappa shape index (κ1) is 19.0. The van der Waals surface area contributed by atoms with E-state index < -0.39 is 0 Å². The maximum Gasteiger partial charge on any atom is 0.207 e. The van der Waals surface area contributed by atoms with Crippen LogP contribution in [0.25, 0.3) is 17.1 Å². The van der Waals surface area contributed by atoms with Gasteiger partial charge in [0.1, 0.15) is 18.5 Å². The average Bonchev–Trinajstić information content (AvgIpc) is 2.99. The normalized spacial score (nSPS) is 19.7. The minimum absolute atomic E-state index is 0.289. The van der Waals surface area contributed by atoms with Crippen molar-refractivity contribution in [3.8, 4) is 17.1 Å². The van der Waals surface area contributed by atoms with Gasteiger partial charge in [-0.15, -0.1) is 5.10 Å². The predicted molar refractivity (Wildman–Crippen MR) is 108 cm³/mol. The number of nitrogens with zero attached hydrogens (tertiary/aromatic N) is 3. The number of rotatable bonds is 4. The Bertz CT molecular complexity index is 1030. The summed E-state index contributed by atoms with van der Waals surface area (Å²) in [6, 6.07) is 14.6. The summed E-state index contributed by atoms with van der Waals surface area (Å²) in [5.74, 6) is 0.160. The maximum atomic E-state index is 14.6. The fourth-order valence-electron chi connectivity index (χ4n) is 3.73. The number of nitrogens with one attached hydrogen (secondary N) is 1. The smallest absolute Gasteiger partial charge is 0.207 e. The number of aliphatic hydroxyl groups is 1. The lowest BCUT2D eigenvalue weighted by Gasteiger charge is -2.26. The first-order valence-electron chi connectivity index (χ1n) is 9.56. The summed E-state index contributed by atoms with van der Waals surface area (Å²) in [6.07, 6.45) is 1.53. The molecule has 4 rings (SSSR count). The highest BCUT2D eigenvalue weighted by molar-refractivity contribution is 7.71. The molecule has 0 amide bonds. The zero-order chi connectivity index (χ0) is 19.7. The average molecular weight is 400 g/mol. The van der Waals surface area contributed by atoms with Crippen molar-refractivity contribution >= 4 is 12.2 Å². The molecule has 0 aliphatic carbocycles. The molecule has 1 aliphatic heterocycles. The van der Waals surface area contributed by atoms with Gasteiger partial charge in [-0.05, 0) is 56.2 Å². The molecule has 1 unspecified atom stereocenters. The zero-order valence-electron chi connectivity index (χ0n) is 15.8. The highest BCUT2D eigenvalue weighted by atomic mass is 32.1. The summed E-state index contributed by atoms with van der Waals surface area (Å²) in [5, 5.41) is 14.7. The molecule has 2 heterocycles. The van der Waals surface area contributed by atoms with E-state index in [4.69, 9.17) is 17.3 Å². The van der Waals surface area contributed by atoms with Gasteiger partial charge in [-0.2, -0.15) is 4.68 Å². The van der Waals surface area contributed by atoms with Gasteiger partial charge in [0.2, 0.25) is 4.77 Å². The molecule has 5 nitrogen and oxygen atoms in total. The number of aromatic nitrogens is 3. The lowest BCUT2D eigenvalue weighted by Crippen LogP contribution is -3.13. The van der Waals surface area contributed by atoms with E-state index in [1.165, 1.54) is 11.0 Å². The van der Waals surface area contributed by atoms with Gasteiger partial charge in [0.25, 0.3) is 0 Å². The molecular formula is C21H24FN4OS+. The summed E-state index contributed by atoms with van der Waals surface area (Å²) < 4.78 is 18.7. The predicted octanol–water partition coefficient (Wildman–Crippen LogP) is 2.51. The van der Waals surface area contributed by atoms with Gasteiger partial charge in [0.05, 0.1) is 12.1 Å². The molecule has 0 bridgehead atoms. The fourth-order valence-corrected chi connectivity index (χ4v) is 4.03. The second-order valence-electron chi connectivity index (χ2n) is 7.41. The summed E-state index contributed by atoms with van der Waals surface area (Å²) in [6.45, 7) is 4.21. The highest BCUT2D eigenvalue weighted by Gasteiger charge is 2.24. The van der Waals surface area contributed by atoms with Gasteiger partial charge in [0, 0.05) is 5.69 Å². The minimum Gasteiger partial charge on any atom is -0.387 e. The van der Waals surface area contributed by atoms with E-state index in [0.29, 0.717) is 29.4 Å². The molecule has 2 atom stereocenters. The van der Waals surface area contributed by atoms with Crippen LogP contribution in [0.5, 0.6) is 0 Å². The third kappa shape index (κ3) is 3.78. The van der Waals surface area contributed by atoms with Crippen molar-refractivity contribution in [1.29, 1.82) is 0 Å². The Morgan fingerprint density at radius 1 is 1.21 bits per heavy atom. The van der Waals surface area contributed by atoms with Crippen LogP contribution in [0.3, 0.4) is 0 Å². The van der Waals surface area contributed by atoms with Crippen LogP contribution < -0.4 is 4.90 Å². The van der Waals surface area contributed by atoms with E-state index >= 15 is 0 Å². The molecule has 1 aromatic heterocycles. The lowest BCUT2D eigenvalue weighted by molar-refractivity contribution is -0.931. The molecule has 7 heteroatoms. The summed E-state index contributed by atoms with van der Waals surface area (Å²) >= 11 is 5.73. The molecule has 0 saturated carbocycles. The summed E-state index contributed by atoms with van der Waals surface area (Å²) in [4.78, 5) is 1.23. The largest absolute Gasteiger partial charge is 0.387 e. The van der Waals surface area contributed by atoms with Crippen LogP contribution in [0, 0.1) is 17.5 Å². The Morgan fingerprint density at radius 2 is 1.96 bits per heavy atom. The molecule has 1 aliphatic rings. The van der Waals surface area contributed by atoms with Gasteiger partial charge in [-0.3, -0.25) is 4.57 Å². The molecule has 146 valence electrons. The zero-order valence-corrected chi connectivity index (χ0v) is 16.6. The number of benzene rings is 2. The first-order chi connectivity index (χ1) is 13.5. The van der Waals surface area contributed by atoms with Crippen LogP contribution in [-0.4, -0.2) is 38.6 Å². The van der Waals surface area contributed by atoms with E-state index in [2.05, 4.69) is 0 Å². The second kappa shape index (κ2) is 7.95. The van der Waals surface area contributed by atoms with Crippen LogP contribution in [0.4, 0.5) is 4.39 Å². The fraction of sp³-hybridized carbons (Fsp3) is 0.333. The van der Waals surface area contributed by atoms with Crippen LogP contribution in [0.1, 0.15) is 18.4 Å². The third-order valence-electron chi connectivity index (χ3n) is 5.21. The summed E-state index contributed by atoms with van der Waals surface area (Å²) in [5.41, 5.74) is 2.41. The van der Waals surface area contributed by atoms with Crippen LogP contribution in [-0.2, 0) is 6.67 Å². The van der Waals surface area contributed by atoms with Gasteiger partial charge in [-0.1, -0.05) is 29.8 Å². The molecule has 28 heavy (non-hydrogen) atoms. The SMILES string of the molecule is Cc1ccc(-n2c(-c3ccccc3F)nn(C[NH+]3CCC[C@@H](O)C3)c2=S)cc1. The van der Waals surface area contributed by atoms with Crippen molar-refractivity contribution in [2.75, 3.05) is 13.1 Å². The van der Waals surface area contributed by atoms with Crippen molar-refractivity contribution in [1.82, 2.24) is 14.3 Å². The van der Waals surface area contributed by atoms with Crippen molar-refractivity contribution in [3.05, 3.63) is 64.7 Å². The van der Waals surface area contributed by atoms with Gasteiger partial charge < -0.3 is 10.0 Å². The molecule has 2 N–H and O–H groups in total. The van der Waals surface area contributed by atoms with Gasteiger partial charge in [0.15, 0.2) is 12.5 Å². The second-order valence-corrected chi connectivity index (χ2v) is 7.78. The number of piperidine rings is 1. The van der Waals surface area contributed by atoms with E-state index in [0.717, 1.165) is 30.6 Å². The standard InChI is InChI=1S/C21H23FN4OS/c1-15-8-10-16(11-9-15)26-20(18-6-2-3-7-19(18)22)23-25(21(26)28)14-24-12-4-5-17(27)13-24/h2-3,6-11,17,27H,4-5,12-14H2,1H3/p+1/t17-/m1/s1. The van der Waals surface area contributed by atoms with Gasteiger partial charge in [-0.25, -0.2) is 4.39 Å². The maximum absolute atomic E-state index is 14.6. The lowest BCUT2D eigenvalue weighted by atomic mass is 10.1. The molecule has 3 aromatic rings. The molecule has 1 saturated heterocycles. The van der Waals surface area contributed by atoms with Crippen molar-refractivity contribution in [2.45, 2.75) is 32.5 Å². The third-order valence-corrected chi connectivity index (χ3v) is 5.60.